The first-order valence-corrected chi connectivity index (χ1v) is 10.2. The van der Waals surface area contributed by atoms with Gasteiger partial charge in [-0.1, -0.05) is 41.4 Å². The van der Waals surface area contributed by atoms with Crippen molar-refractivity contribution in [1.29, 1.82) is 0 Å². The number of sulfonamides is 1. The Bertz CT molecular complexity index is 944. The van der Waals surface area contributed by atoms with Gasteiger partial charge in [-0.3, -0.25) is 0 Å². The molecule has 0 amide bonds. The highest BCUT2D eigenvalue weighted by molar-refractivity contribution is 7.89. The molecule has 1 atom stereocenters. The molecule has 0 unspecified atom stereocenters. The Balaban J connectivity index is 1.99. The summed E-state index contributed by atoms with van der Waals surface area (Å²) in [6, 6.07) is 9.79. The van der Waals surface area contributed by atoms with Crippen LogP contribution in [0.4, 0.5) is 0 Å². The normalized spacial score (nSPS) is 18.7. The number of fused-ring (bicyclic) bond motifs is 1. The van der Waals surface area contributed by atoms with Crippen molar-refractivity contribution in [1.82, 2.24) is 4.72 Å². The molecule has 26 heavy (non-hydrogen) atoms. The standard InChI is InChI=1S/C18H19Cl2NO4S/c1-18(2)10-12(11-6-4-5-7-13(11)25-18)21-26(22,23)15-9-8-14(24-3)16(19)17(15)20/h4-9,12,21H,10H2,1-3H3/t12-/m1/s1. The van der Waals surface area contributed by atoms with Crippen LogP contribution in [0.15, 0.2) is 41.3 Å². The van der Waals surface area contributed by atoms with Crippen LogP contribution >= 0.6 is 23.2 Å². The van der Waals surface area contributed by atoms with E-state index in [1.165, 1.54) is 19.2 Å². The van der Waals surface area contributed by atoms with E-state index in [4.69, 9.17) is 32.7 Å². The third-order valence-corrected chi connectivity index (χ3v) is 6.69. The van der Waals surface area contributed by atoms with Crippen molar-refractivity contribution in [2.45, 2.75) is 36.8 Å². The summed E-state index contributed by atoms with van der Waals surface area (Å²) in [6.07, 6.45) is 0.477. The molecule has 1 aliphatic heterocycles. The second-order valence-electron chi connectivity index (χ2n) is 6.67. The lowest BCUT2D eigenvalue weighted by Gasteiger charge is -2.37. The molecule has 0 aliphatic carbocycles. The molecule has 1 heterocycles. The lowest BCUT2D eigenvalue weighted by Crippen LogP contribution is -2.41. The summed E-state index contributed by atoms with van der Waals surface area (Å²) in [7, 11) is -2.47. The summed E-state index contributed by atoms with van der Waals surface area (Å²) in [5.74, 6) is 0.975. The third-order valence-electron chi connectivity index (χ3n) is 4.19. The van der Waals surface area contributed by atoms with Crippen LogP contribution in [-0.4, -0.2) is 21.1 Å². The van der Waals surface area contributed by atoms with E-state index in [9.17, 15) is 8.42 Å². The monoisotopic (exact) mass is 415 g/mol. The molecule has 8 heteroatoms. The van der Waals surface area contributed by atoms with Crippen LogP contribution in [0.2, 0.25) is 10.0 Å². The zero-order chi connectivity index (χ0) is 19.1. The summed E-state index contributed by atoms with van der Waals surface area (Å²) in [5, 5.41) is -0.0112. The van der Waals surface area contributed by atoms with E-state index in [0.29, 0.717) is 17.9 Å². The topological polar surface area (TPSA) is 64.6 Å². The van der Waals surface area contributed by atoms with E-state index in [2.05, 4.69) is 4.72 Å². The zero-order valence-electron chi connectivity index (χ0n) is 14.5. The van der Waals surface area contributed by atoms with Gasteiger partial charge in [0.2, 0.25) is 10.0 Å². The van der Waals surface area contributed by atoms with Crippen LogP contribution in [0.1, 0.15) is 31.9 Å². The van der Waals surface area contributed by atoms with Crippen molar-refractivity contribution in [3.05, 3.63) is 52.0 Å². The van der Waals surface area contributed by atoms with E-state index >= 15 is 0 Å². The lowest BCUT2D eigenvalue weighted by atomic mass is 9.90. The molecule has 1 N–H and O–H groups in total. The smallest absolute Gasteiger partial charge is 0.242 e. The van der Waals surface area contributed by atoms with Crippen molar-refractivity contribution < 1.29 is 17.9 Å². The van der Waals surface area contributed by atoms with Gasteiger partial charge in [0, 0.05) is 12.0 Å². The first-order valence-electron chi connectivity index (χ1n) is 7.97. The molecule has 0 fully saturated rings. The number of rotatable bonds is 4. The van der Waals surface area contributed by atoms with Crippen LogP contribution < -0.4 is 14.2 Å². The van der Waals surface area contributed by atoms with Gasteiger partial charge in [0.1, 0.15) is 27.0 Å². The summed E-state index contributed by atoms with van der Waals surface area (Å²) < 4.78 is 39.7. The fourth-order valence-electron chi connectivity index (χ4n) is 3.04. The number of hydrogen-bond donors (Lipinski definition) is 1. The van der Waals surface area contributed by atoms with Crippen LogP contribution in [-0.2, 0) is 10.0 Å². The molecule has 2 aromatic rings. The Morgan fingerprint density at radius 2 is 1.85 bits per heavy atom. The Kier molecular flexibility index (Phi) is 5.14. The number of nitrogens with one attached hydrogen (secondary N) is 1. The van der Waals surface area contributed by atoms with Gasteiger partial charge < -0.3 is 9.47 Å². The first-order chi connectivity index (χ1) is 12.1. The lowest BCUT2D eigenvalue weighted by molar-refractivity contribution is 0.0702. The second-order valence-corrected chi connectivity index (χ2v) is 9.11. The number of benzene rings is 2. The number of para-hydroxylation sites is 1. The van der Waals surface area contributed by atoms with Gasteiger partial charge in [-0.2, -0.15) is 0 Å². The highest BCUT2D eigenvalue weighted by Gasteiger charge is 2.36. The molecule has 0 spiro atoms. The molecular weight excluding hydrogens is 397 g/mol. The third kappa shape index (κ3) is 3.64. The molecule has 0 bridgehead atoms. The number of hydrogen-bond acceptors (Lipinski definition) is 4. The average molecular weight is 416 g/mol. The maximum atomic E-state index is 13.0. The van der Waals surface area contributed by atoms with Gasteiger partial charge in [0.25, 0.3) is 0 Å². The highest BCUT2D eigenvalue weighted by atomic mass is 35.5. The van der Waals surface area contributed by atoms with Gasteiger partial charge in [-0.15, -0.1) is 0 Å². The predicted octanol–water partition coefficient (Wildman–Crippen LogP) is 4.58. The SMILES string of the molecule is COc1ccc(S(=O)(=O)N[C@@H]2CC(C)(C)Oc3ccccc32)c(Cl)c1Cl. The number of halogens is 2. The fourth-order valence-corrected chi connectivity index (χ4v) is 5.09. The molecule has 5 nitrogen and oxygen atoms in total. The van der Waals surface area contributed by atoms with Crippen LogP contribution in [0, 0.1) is 0 Å². The van der Waals surface area contributed by atoms with Gasteiger partial charge in [0.15, 0.2) is 0 Å². The first kappa shape index (κ1) is 19.3. The Morgan fingerprint density at radius 1 is 1.15 bits per heavy atom. The van der Waals surface area contributed by atoms with Gasteiger partial charge in [0.05, 0.1) is 18.2 Å². The van der Waals surface area contributed by atoms with Crippen molar-refractivity contribution in [3.63, 3.8) is 0 Å². The molecule has 1 aliphatic rings. The fraction of sp³-hybridized carbons (Fsp3) is 0.333. The Labute approximate surface area is 163 Å². The van der Waals surface area contributed by atoms with Gasteiger partial charge in [-0.05, 0) is 32.0 Å². The maximum absolute atomic E-state index is 13.0. The van der Waals surface area contributed by atoms with Crippen molar-refractivity contribution in [2.75, 3.05) is 7.11 Å². The summed E-state index contributed by atoms with van der Waals surface area (Å²) in [6.45, 7) is 3.84. The van der Waals surface area contributed by atoms with Crippen molar-refractivity contribution in [2.24, 2.45) is 0 Å². The van der Waals surface area contributed by atoms with Gasteiger partial charge >= 0.3 is 0 Å². The predicted molar refractivity (Wildman–Crippen MR) is 102 cm³/mol. The van der Waals surface area contributed by atoms with E-state index in [-0.39, 0.29) is 14.9 Å². The molecule has 0 saturated heterocycles. The summed E-state index contributed by atoms with van der Waals surface area (Å²) >= 11 is 12.3. The molecule has 3 rings (SSSR count). The van der Waals surface area contributed by atoms with Crippen LogP contribution in [0.5, 0.6) is 11.5 Å². The minimum absolute atomic E-state index is 0.0600. The highest BCUT2D eigenvalue weighted by Crippen LogP contribution is 2.41. The molecular formula is C18H19Cl2NO4S. The maximum Gasteiger partial charge on any atom is 0.242 e. The van der Waals surface area contributed by atoms with E-state index in [1.807, 2.05) is 38.1 Å². The summed E-state index contributed by atoms with van der Waals surface area (Å²) in [5.41, 5.74) is 0.272. The average Bonchev–Trinajstić information content (AvgIpc) is 2.55. The second kappa shape index (κ2) is 6.93. The number of methoxy groups -OCH3 is 1. The molecule has 0 aromatic heterocycles. The summed E-state index contributed by atoms with van der Waals surface area (Å²) in [4.78, 5) is -0.0910. The molecule has 0 radical (unpaired) electrons. The Hall–Kier alpha value is -1.47. The van der Waals surface area contributed by atoms with Crippen LogP contribution in [0.3, 0.4) is 0 Å². The van der Waals surface area contributed by atoms with Crippen molar-refractivity contribution >= 4 is 33.2 Å². The van der Waals surface area contributed by atoms with E-state index in [1.54, 1.807) is 0 Å². The van der Waals surface area contributed by atoms with E-state index < -0.39 is 21.7 Å². The van der Waals surface area contributed by atoms with Gasteiger partial charge in [-0.25, -0.2) is 13.1 Å². The molecule has 2 aromatic carbocycles. The number of ether oxygens (including phenoxy) is 2. The zero-order valence-corrected chi connectivity index (χ0v) is 16.9. The minimum atomic E-state index is -3.91. The van der Waals surface area contributed by atoms with Crippen molar-refractivity contribution in [3.8, 4) is 11.5 Å². The molecule has 140 valence electrons. The largest absolute Gasteiger partial charge is 0.495 e. The van der Waals surface area contributed by atoms with E-state index in [0.717, 1.165) is 5.56 Å². The quantitative estimate of drug-likeness (QED) is 0.793. The molecule has 0 saturated carbocycles. The van der Waals surface area contributed by atoms with Crippen LogP contribution in [0.25, 0.3) is 0 Å². The minimum Gasteiger partial charge on any atom is -0.495 e. The Morgan fingerprint density at radius 3 is 2.54 bits per heavy atom.